The van der Waals surface area contributed by atoms with Gasteiger partial charge in [-0.1, -0.05) is 31.5 Å². The molecule has 0 saturated heterocycles. The van der Waals surface area contributed by atoms with Crippen molar-refractivity contribution in [3.05, 3.63) is 34.3 Å². The number of aliphatic hydroxyl groups excluding tert-OH is 1. The first-order chi connectivity index (χ1) is 6.91. The number of halogens is 1. The summed E-state index contributed by atoms with van der Waals surface area (Å²) in [5, 5.41) is 18.5. The molecular weight excluding hydrogens is 216 g/mol. The topological polar surface area (TPSA) is 57.5 Å². The number of rotatable bonds is 3. The number of hydrogen-bond acceptors (Lipinski definition) is 2. The highest BCUT2D eigenvalue weighted by Crippen LogP contribution is 2.25. The predicted molar refractivity (Wildman–Crippen MR) is 58.1 cm³/mol. The maximum Gasteiger partial charge on any atom is 0.337 e. The third-order valence-corrected chi connectivity index (χ3v) is 2.38. The van der Waals surface area contributed by atoms with Gasteiger partial charge in [-0.15, -0.1) is 0 Å². The molecule has 0 amide bonds. The summed E-state index contributed by atoms with van der Waals surface area (Å²) in [6.07, 6.45) is -1.51. The van der Waals surface area contributed by atoms with Gasteiger partial charge in [0.2, 0.25) is 0 Å². The van der Waals surface area contributed by atoms with Crippen molar-refractivity contribution >= 4 is 17.6 Å². The Balaban J connectivity index is 3.14. The summed E-state index contributed by atoms with van der Waals surface area (Å²) in [6.45, 7) is 3.95. The Kier molecular flexibility index (Phi) is 3.72. The van der Waals surface area contributed by atoms with Gasteiger partial charge in [0.25, 0.3) is 0 Å². The first-order valence-electron chi connectivity index (χ1n) is 4.63. The molecule has 0 aromatic heterocycles. The van der Waals surface area contributed by atoms with Gasteiger partial charge in [0.1, 0.15) is 0 Å². The van der Waals surface area contributed by atoms with Gasteiger partial charge in [-0.25, -0.2) is 4.79 Å². The third-order valence-electron chi connectivity index (χ3n) is 2.16. The number of hydrogen-bond donors (Lipinski definition) is 2. The zero-order valence-electron chi connectivity index (χ0n) is 8.57. The van der Waals surface area contributed by atoms with Gasteiger partial charge in [-0.05, 0) is 29.2 Å². The smallest absolute Gasteiger partial charge is 0.337 e. The molecule has 0 aliphatic heterocycles. The van der Waals surface area contributed by atoms with Crippen molar-refractivity contribution in [3.8, 4) is 0 Å². The van der Waals surface area contributed by atoms with Crippen molar-refractivity contribution in [2.75, 3.05) is 0 Å². The Hall–Kier alpha value is -1.06. The predicted octanol–water partition coefficient (Wildman–Crippen LogP) is 2.58. The minimum Gasteiger partial charge on any atom is -0.479 e. The standard InChI is InChI=1S/C11H13ClO3/c1-6(2)7-3-8(5-9(12)4-7)10(13)11(14)15/h3-6,10,13H,1-2H3,(H,14,15). The van der Waals surface area contributed by atoms with E-state index in [0.29, 0.717) is 10.6 Å². The summed E-state index contributed by atoms with van der Waals surface area (Å²) in [6, 6.07) is 4.89. The van der Waals surface area contributed by atoms with E-state index in [0.717, 1.165) is 5.56 Å². The van der Waals surface area contributed by atoms with Crippen molar-refractivity contribution in [2.24, 2.45) is 0 Å². The number of benzene rings is 1. The van der Waals surface area contributed by atoms with Gasteiger partial charge in [0.15, 0.2) is 6.10 Å². The molecule has 0 bridgehead atoms. The largest absolute Gasteiger partial charge is 0.479 e. The van der Waals surface area contributed by atoms with E-state index in [2.05, 4.69) is 0 Å². The Morgan fingerprint density at radius 1 is 1.27 bits per heavy atom. The average Bonchev–Trinajstić information content (AvgIpc) is 2.15. The zero-order valence-corrected chi connectivity index (χ0v) is 9.32. The molecule has 1 aromatic rings. The highest BCUT2D eigenvalue weighted by Gasteiger charge is 2.17. The minimum atomic E-state index is -1.51. The average molecular weight is 229 g/mol. The second kappa shape index (κ2) is 4.64. The molecule has 0 heterocycles. The molecule has 15 heavy (non-hydrogen) atoms. The molecule has 0 spiro atoms. The van der Waals surface area contributed by atoms with E-state index in [-0.39, 0.29) is 5.92 Å². The fourth-order valence-corrected chi connectivity index (χ4v) is 1.52. The monoisotopic (exact) mass is 228 g/mol. The van der Waals surface area contributed by atoms with Crippen LogP contribution in [0.3, 0.4) is 0 Å². The molecule has 0 radical (unpaired) electrons. The van der Waals surface area contributed by atoms with Crippen molar-refractivity contribution in [3.63, 3.8) is 0 Å². The fourth-order valence-electron chi connectivity index (χ4n) is 1.27. The maximum atomic E-state index is 10.6. The summed E-state index contributed by atoms with van der Waals surface area (Å²) < 4.78 is 0. The van der Waals surface area contributed by atoms with E-state index >= 15 is 0 Å². The number of aliphatic hydroxyl groups is 1. The van der Waals surface area contributed by atoms with Gasteiger partial charge in [0.05, 0.1) is 0 Å². The second-order valence-electron chi connectivity index (χ2n) is 3.71. The lowest BCUT2D eigenvalue weighted by atomic mass is 9.99. The Morgan fingerprint density at radius 2 is 1.80 bits per heavy atom. The van der Waals surface area contributed by atoms with Crippen LogP contribution in [0.5, 0.6) is 0 Å². The molecule has 1 atom stereocenters. The van der Waals surface area contributed by atoms with Crippen LogP contribution in [0.1, 0.15) is 37.0 Å². The highest BCUT2D eigenvalue weighted by molar-refractivity contribution is 6.30. The molecule has 2 N–H and O–H groups in total. The Bertz CT molecular complexity index is 374. The van der Waals surface area contributed by atoms with Crippen LogP contribution in [0, 0.1) is 0 Å². The third kappa shape index (κ3) is 2.94. The van der Waals surface area contributed by atoms with E-state index in [1.807, 2.05) is 13.8 Å². The van der Waals surface area contributed by atoms with Gasteiger partial charge >= 0.3 is 5.97 Å². The van der Waals surface area contributed by atoms with Crippen LogP contribution < -0.4 is 0 Å². The molecule has 0 saturated carbocycles. The Morgan fingerprint density at radius 3 is 2.27 bits per heavy atom. The molecular formula is C11H13ClO3. The maximum absolute atomic E-state index is 10.6. The van der Waals surface area contributed by atoms with Gasteiger partial charge in [-0.2, -0.15) is 0 Å². The number of carboxylic acids is 1. The summed E-state index contributed by atoms with van der Waals surface area (Å²) >= 11 is 5.84. The fraction of sp³-hybridized carbons (Fsp3) is 0.364. The first kappa shape index (κ1) is 12.0. The molecule has 0 fully saturated rings. The lowest BCUT2D eigenvalue weighted by Gasteiger charge is -2.11. The normalized spacial score (nSPS) is 12.9. The molecule has 4 heteroatoms. The summed E-state index contributed by atoms with van der Waals surface area (Å²) in [5.74, 6) is -1.03. The summed E-state index contributed by atoms with van der Waals surface area (Å²) in [4.78, 5) is 10.6. The highest BCUT2D eigenvalue weighted by atomic mass is 35.5. The SMILES string of the molecule is CC(C)c1cc(Cl)cc(C(O)C(=O)O)c1. The van der Waals surface area contributed by atoms with Crippen LogP contribution in [0.2, 0.25) is 5.02 Å². The molecule has 1 aromatic carbocycles. The Labute approximate surface area is 93.3 Å². The van der Waals surface area contributed by atoms with Crippen molar-refractivity contribution in [1.82, 2.24) is 0 Å². The molecule has 0 aliphatic rings. The van der Waals surface area contributed by atoms with Crippen molar-refractivity contribution < 1.29 is 15.0 Å². The quantitative estimate of drug-likeness (QED) is 0.836. The lowest BCUT2D eigenvalue weighted by Crippen LogP contribution is -2.10. The second-order valence-corrected chi connectivity index (χ2v) is 4.15. The van der Waals surface area contributed by atoms with E-state index in [9.17, 15) is 9.90 Å². The van der Waals surface area contributed by atoms with Crippen molar-refractivity contribution in [1.29, 1.82) is 0 Å². The number of aliphatic carboxylic acids is 1. The van der Waals surface area contributed by atoms with E-state index in [1.165, 1.54) is 6.07 Å². The zero-order chi connectivity index (χ0) is 11.6. The van der Waals surface area contributed by atoms with E-state index in [1.54, 1.807) is 12.1 Å². The number of carboxylic acid groups (broad SMARTS) is 1. The van der Waals surface area contributed by atoms with Gasteiger partial charge in [0, 0.05) is 5.02 Å². The van der Waals surface area contributed by atoms with E-state index in [4.69, 9.17) is 16.7 Å². The molecule has 82 valence electrons. The molecule has 3 nitrogen and oxygen atoms in total. The minimum absolute atomic E-state index is 0.239. The van der Waals surface area contributed by atoms with E-state index < -0.39 is 12.1 Å². The lowest BCUT2D eigenvalue weighted by molar-refractivity contribution is -0.146. The van der Waals surface area contributed by atoms with Crippen molar-refractivity contribution in [2.45, 2.75) is 25.9 Å². The summed E-state index contributed by atoms with van der Waals surface area (Å²) in [5.41, 5.74) is 1.23. The van der Waals surface area contributed by atoms with Crippen LogP contribution in [0.15, 0.2) is 18.2 Å². The van der Waals surface area contributed by atoms with Crippen LogP contribution in [-0.4, -0.2) is 16.2 Å². The molecule has 1 rings (SSSR count). The first-order valence-corrected chi connectivity index (χ1v) is 5.01. The number of carbonyl (C=O) groups is 1. The molecule has 0 aliphatic carbocycles. The molecule has 1 unspecified atom stereocenters. The van der Waals surface area contributed by atoms with Gasteiger partial charge in [-0.3, -0.25) is 0 Å². The van der Waals surface area contributed by atoms with Gasteiger partial charge < -0.3 is 10.2 Å². The summed E-state index contributed by atoms with van der Waals surface area (Å²) in [7, 11) is 0. The van der Waals surface area contributed by atoms with Crippen LogP contribution >= 0.6 is 11.6 Å². The van der Waals surface area contributed by atoms with Crippen LogP contribution in [-0.2, 0) is 4.79 Å². The van der Waals surface area contributed by atoms with Crippen LogP contribution in [0.25, 0.3) is 0 Å². The van der Waals surface area contributed by atoms with Crippen LogP contribution in [0.4, 0.5) is 0 Å².